The van der Waals surface area contributed by atoms with Crippen molar-refractivity contribution in [1.82, 2.24) is 0 Å². The second-order valence-electron chi connectivity index (χ2n) is 3.42. The summed E-state index contributed by atoms with van der Waals surface area (Å²) in [5.41, 5.74) is 0. The number of hydrogen-bond donors (Lipinski definition) is 9. The van der Waals surface area contributed by atoms with E-state index in [0.29, 0.717) is 0 Å². The number of aldehydes is 1. The minimum Gasteiger partial charge on any atom is -0.394 e. The van der Waals surface area contributed by atoms with Crippen molar-refractivity contribution in [2.75, 3.05) is 6.61 Å². The zero-order valence-electron chi connectivity index (χ0n) is 10.1. The monoisotopic (exact) mass is 358 g/mol. The highest BCUT2D eigenvalue weighted by Crippen LogP contribution is 2.53. The number of rotatable bonds is 7. The van der Waals surface area contributed by atoms with Gasteiger partial charge in [-0.2, -0.15) is 4.31 Å². The van der Waals surface area contributed by atoms with E-state index in [1.54, 1.807) is 0 Å². The lowest BCUT2D eigenvalue weighted by molar-refractivity contribution is -0.136. The van der Waals surface area contributed by atoms with E-state index < -0.39 is 46.7 Å². The summed E-state index contributed by atoms with van der Waals surface area (Å²) in [6.07, 6.45) is -6.84. The second-order valence-corrected chi connectivity index (χ2v) is 6.04. The molecule has 15 heteroatoms. The van der Waals surface area contributed by atoms with E-state index >= 15 is 0 Å². The zero-order valence-corrected chi connectivity index (χ0v) is 11.9. The summed E-state index contributed by atoms with van der Waals surface area (Å²) >= 11 is 0. The molecule has 0 aliphatic heterocycles. The third-order valence-electron chi connectivity index (χ3n) is 1.63. The van der Waals surface area contributed by atoms with Gasteiger partial charge in [0.25, 0.3) is 0 Å². The lowest BCUT2D eigenvalue weighted by atomic mass is 10.0. The van der Waals surface area contributed by atoms with Gasteiger partial charge in [-0.15, -0.1) is 0 Å². The molecule has 0 amide bonds. The van der Waals surface area contributed by atoms with Crippen molar-refractivity contribution >= 4 is 21.9 Å². The van der Waals surface area contributed by atoms with Gasteiger partial charge in [0.1, 0.15) is 24.4 Å². The van der Waals surface area contributed by atoms with Crippen LogP contribution in [0, 0.1) is 0 Å². The first-order chi connectivity index (χ1) is 9.25. The Kier molecular flexibility index (Phi) is 10.6. The molecule has 21 heavy (non-hydrogen) atoms. The van der Waals surface area contributed by atoms with E-state index in [1.807, 2.05) is 0 Å². The van der Waals surface area contributed by atoms with Crippen molar-refractivity contribution < 1.29 is 63.3 Å². The number of carbonyl (C=O) groups is 1. The van der Waals surface area contributed by atoms with Crippen LogP contribution in [0.3, 0.4) is 0 Å². The lowest BCUT2D eigenvalue weighted by Gasteiger charge is -2.22. The van der Waals surface area contributed by atoms with Gasteiger partial charge in [0.2, 0.25) is 0 Å². The van der Waals surface area contributed by atoms with Crippen LogP contribution in [0.5, 0.6) is 0 Å². The maximum Gasteiger partial charge on any atom is 0.478 e. The molecule has 0 spiro atoms. The first-order valence-electron chi connectivity index (χ1n) is 4.86. The summed E-state index contributed by atoms with van der Waals surface area (Å²) in [4.78, 5) is 40.9. The molecule has 0 radical (unpaired) electrons. The van der Waals surface area contributed by atoms with Crippen LogP contribution in [0.15, 0.2) is 0 Å². The molecule has 0 rings (SSSR count). The van der Waals surface area contributed by atoms with Crippen molar-refractivity contribution in [2.24, 2.45) is 0 Å². The Morgan fingerprint density at radius 1 is 0.905 bits per heavy atom. The van der Waals surface area contributed by atoms with Crippen LogP contribution in [-0.2, 0) is 18.2 Å². The number of hydrogen-bond acceptors (Lipinski definition) is 9. The van der Waals surface area contributed by atoms with E-state index in [-0.39, 0.29) is 6.29 Å². The van der Waals surface area contributed by atoms with Gasteiger partial charge in [0, 0.05) is 0 Å². The van der Waals surface area contributed by atoms with Gasteiger partial charge in [-0.05, 0) is 0 Å². The van der Waals surface area contributed by atoms with Crippen molar-refractivity contribution in [3.63, 3.8) is 0 Å². The maximum absolute atomic E-state index is 9.90. The standard InChI is InChI=1S/C6H12O6.H4O7P2/c7-1-3(9)5(11)6(12)4(10)2-8;1-8(2,3)7-9(4,5)6/h1,3-6,8-12H,2H2;(H2,1,2,3)(H2,4,5,6)/t3-,4+,5+,6+;/m0./s1. The van der Waals surface area contributed by atoms with Crippen LogP contribution >= 0.6 is 15.6 Å². The molecule has 0 unspecified atom stereocenters. The van der Waals surface area contributed by atoms with Crippen molar-refractivity contribution in [2.45, 2.75) is 24.4 Å². The molecule has 9 N–H and O–H groups in total. The van der Waals surface area contributed by atoms with Gasteiger partial charge < -0.3 is 49.9 Å². The Morgan fingerprint density at radius 2 is 1.29 bits per heavy atom. The molecule has 0 saturated carbocycles. The summed E-state index contributed by atoms with van der Waals surface area (Å²) in [7, 11) is -10.1. The van der Waals surface area contributed by atoms with Crippen molar-refractivity contribution in [3.8, 4) is 0 Å². The summed E-state index contributed by atoms with van der Waals surface area (Å²) in [5.74, 6) is 0. The fraction of sp³-hybridized carbons (Fsp3) is 0.833. The van der Waals surface area contributed by atoms with Crippen LogP contribution < -0.4 is 0 Å². The van der Waals surface area contributed by atoms with Gasteiger partial charge in [-0.25, -0.2) is 9.13 Å². The van der Waals surface area contributed by atoms with Crippen molar-refractivity contribution in [1.29, 1.82) is 0 Å². The highest BCUT2D eigenvalue weighted by Gasteiger charge is 2.29. The van der Waals surface area contributed by atoms with Crippen molar-refractivity contribution in [3.05, 3.63) is 0 Å². The smallest absolute Gasteiger partial charge is 0.394 e. The van der Waals surface area contributed by atoms with Crippen LogP contribution in [0.25, 0.3) is 0 Å². The molecule has 0 saturated heterocycles. The molecule has 4 atom stereocenters. The predicted molar refractivity (Wildman–Crippen MR) is 62.4 cm³/mol. The first kappa shape index (κ1) is 23.0. The van der Waals surface area contributed by atoms with Crippen LogP contribution in [0.1, 0.15) is 0 Å². The average Bonchev–Trinajstić information content (AvgIpc) is 2.31. The van der Waals surface area contributed by atoms with E-state index in [0.717, 1.165) is 0 Å². The normalized spacial score (nSPS) is 18.0. The van der Waals surface area contributed by atoms with Gasteiger partial charge in [-0.1, -0.05) is 0 Å². The zero-order chi connectivity index (χ0) is 17.4. The number of aliphatic hydroxyl groups is 5. The van der Waals surface area contributed by atoms with E-state index in [9.17, 15) is 13.9 Å². The topological polar surface area (TPSA) is 243 Å². The van der Waals surface area contributed by atoms with E-state index in [2.05, 4.69) is 4.31 Å². The fourth-order valence-electron chi connectivity index (χ4n) is 0.757. The molecule has 0 aromatic heterocycles. The first-order valence-corrected chi connectivity index (χ1v) is 7.92. The number of phosphoric acid groups is 2. The van der Waals surface area contributed by atoms with Gasteiger partial charge >= 0.3 is 15.6 Å². The van der Waals surface area contributed by atoms with E-state index in [1.165, 1.54) is 0 Å². The molecule has 0 fully saturated rings. The Bertz CT molecular complexity index is 366. The molecule has 13 nitrogen and oxygen atoms in total. The van der Waals surface area contributed by atoms with Crippen LogP contribution in [-0.4, -0.2) is 82.4 Å². The third-order valence-corrected chi connectivity index (χ3v) is 3.34. The molecular weight excluding hydrogens is 342 g/mol. The summed E-state index contributed by atoms with van der Waals surface area (Å²) in [6.45, 7) is -0.760. The molecule has 0 heterocycles. The number of aliphatic hydroxyl groups excluding tert-OH is 5. The Labute approximate surface area is 117 Å². The highest BCUT2D eigenvalue weighted by atomic mass is 31.3. The molecule has 0 aromatic rings. The van der Waals surface area contributed by atoms with Crippen LogP contribution in [0.2, 0.25) is 0 Å². The average molecular weight is 358 g/mol. The van der Waals surface area contributed by atoms with Crippen LogP contribution in [0.4, 0.5) is 0 Å². The highest BCUT2D eigenvalue weighted by molar-refractivity contribution is 7.60. The quantitative estimate of drug-likeness (QED) is 0.155. The van der Waals surface area contributed by atoms with Gasteiger partial charge in [0.15, 0.2) is 6.29 Å². The van der Waals surface area contributed by atoms with Gasteiger partial charge in [0.05, 0.1) is 6.61 Å². The SMILES string of the molecule is O=C[C@H](O)[C@@H](O)[C@H](O)[C@H](O)CO.O=P(O)(O)OP(=O)(O)O. The summed E-state index contributed by atoms with van der Waals surface area (Å²) < 4.78 is 22.2. The van der Waals surface area contributed by atoms with E-state index in [4.69, 9.17) is 45.1 Å². The molecule has 128 valence electrons. The molecular formula is C6H16O13P2. The molecule has 0 aliphatic rings. The minimum atomic E-state index is -5.05. The predicted octanol–water partition coefficient (Wildman–Crippen LogP) is -4.19. The Balaban J connectivity index is 0. The Hall–Kier alpha value is -0.270. The minimum absolute atomic E-state index is 0.0258. The molecule has 0 aliphatic carbocycles. The maximum atomic E-state index is 9.90. The summed E-state index contributed by atoms with van der Waals surface area (Å²) in [6, 6.07) is 0. The second kappa shape index (κ2) is 9.69. The lowest BCUT2D eigenvalue weighted by Crippen LogP contribution is -2.46. The number of carbonyl (C=O) groups excluding carboxylic acids is 1. The largest absolute Gasteiger partial charge is 0.478 e. The molecule has 0 aromatic carbocycles. The van der Waals surface area contributed by atoms with Gasteiger partial charge in [-0.3, -0.25) is 0 Å². The third kappa shape index (κ3) is 13.1. The Morgan fingerprint density at radius 3 is 1.48 bits per heavy atom. The fourth-order valence-corrected chi connectivity index (χ4v) is 1.87. The summed E-state index contributed by atoms with van der Waals surface area (Å²) in [5, 5.41) is 43.5. The molecule has 0 bridgehead atoms.